The largest absolute Gasteiger partial charge is 0.493 e. The first-order chi connectivity index (χ1) is 8.19. The SMILES string of the molecule is COc1ccc(C(=O)CCCl)c(OC)c1OC. The third kappa shape index (κ3) is 2.82. The molecule has 0 saturated carbocycles. The van der Waals surface area contributed by atoms with E-state index in [0.29, 0.717) is 22.8 Å². The van der Waals surface area contributed by atoms with Crippen molar-refractivity contribution in [2.24, 2.45) is 0 Å². The van der Waals surface area contributed by atoms with Crippen molar-refractivity contribution in [3.63, 3.8) is 0 Å². The average molecular weight is 259 g/mol. The number of rotatable bonds is 6. The normalized spacial score (nSPS) is 9.88. The van der Waals surface area contributed by atoms with Gasteiger partial charge in [-0.05, 0) is 12.1 Å². The molecule has 0 bridgehead atoms. The van der Waals surface area contributed by atoms with Gasteiger partial charge in [0.25, 0.3) is 0 Å². The Morgan fingerprint density at radius 1 is 1.12 bits per heavy atom. The molecular formula is C12H15ClO4. The Morgan fingerprint density at radius 2 is 1.76 bits per heavy atom. The smallest absolute Gasteiger partial charge is 0.204 e. The standard InChI is InChI=1S/C12H15ClO4/c1-15-10-5-4-8(9(14)6-7-13)11(16-2)12(10)17-3/h4-5H,6-7H2,1-3H3. The number of methoxy groups -OCH3 is 3. The van der Waals surface area contributed by atoms with E-state index in [2.05, 4.69) is 0 Å². The molecule has 0 unspecified atom stereocenters. The van der Waals surface area contributed by atoms with Crippen LogP contribution < -0.4 is 14.2 Å². The average Bonchev–Trinajstić information content (AvgIpc) is 2.36. The number of hydrogen-bond acceptors (Lipinski definition) is 4. The van der Waals surface area contributed by atoms with Crippen LogP contribution in [0.1, 0.15) is 16.8 Å². The van der Waals surface area contributed by atoms with E-state index in [1.54, 1.807) is 12.1 Å². The molecule has 17 heavy (non-hydrogen) atoms. The van der Waals surface area contributed by atoms with E-state index in [0.717, 1.165) is 0 Å². The van der Waals surface area contributed by atoms with Crippen molar-refractivity contribution in [2.45, 2.75) is 6.42 Å². The second-order valence-corrected chi connectivity index (χ2v) is 3.62. The lowest BCUT2D eigenvalue weighted by molar-refractivity contribution is 0.0985. The summed E-state index contributed by atoms with van der Waals surface area (Å²) < 4.78 is 15.5. The number of hydrogen-bond donors (Lipinski definition) is 0. The fourth-order valence-electron chi connectivity index (χ4n) is 1.54. The van der Waals surface area contributed by atoms with Gasteiger partial charge in [-0.2, -0.15) is 0 Å². The number of Topliss-reactive ketones (excluding diaryl/α,β-unsaturated/α-hetero) is 1. The lowest BCUT2D eigenvalue weighted by Gasteiger charge is -2.14. The molecule has 1 aromatic carbocycles. The number of alkyl halides is 1. The molecule has 0 aromatic heterocycles. The number of ketones is 1. The molecule has 0 atom stereocenters. The Kier molecular flexibility index (Phi) is 5.10. The summed E-state index contributed by atoms with van der Waals surface area (Å²) in [7, 11) is 4.50. The molecule has 0 radical (unpaired) electrons. The van der Waals surface area contributed by atoms with Crippen LogP contribution >= 0.6 is 11.6 Å². The molecule has 0 N–H and O–H groups in total. The van der Waals surface area contributed by atoms with E-state index in [4.69, 9.17) is 25.8 Å². The van der Waals surface area contributed by atoms with Crippen molar-refractivity contribution in [1.82, 2.24) is 0 Å². The van der Waals surface area contributed by atoms with Gasteiger partial charge in [0.15, 0.2) is 17.3 Å². The maximum Gasteiger partial charge on any atom is 0.204 e. The highest BCUT2D eigenvalue weighted by atomic mass is 35.5. The Hall–Kier alpha value is -1.42. The van der Waals surface area contributed by atoms with Crippen molar-refractivity contribution in [3.8, 4) is 17.2 Å². The Morgan fingerprint density at radius 3 is 2.24 bits per heavy atom. The van der Waals surface area contributed by atoms with Crippen molar-refractivity contribution in [3.05, 3.63) is 17.7 Å². The van der Waals surface area contributed by atoms with Gasteiger partial charge in [0.2, 0.25) is 5.75 Å². The molecule has 0 heterocycles. The summed E-state index contributed by atoms with van der Waals surface area (Å²) in [6, 6.07) is 3.32. The molecule has 0 amide bonds. The summed E-state index contributed by atoms with van der Waals surface area (Å²) in [5.74, 6) is 1.50. The van der Waals surface area contributed by atoms with Crippen LogP contribution in [-0.4, -0.2) is 33.0 Å². The zero-order valence-electron chi connectivity index (χ0n) is 10.1. The van der Waals surface area contributed by atoms with Crippen molar-refractivity contribution >= 4 is 17.4 Å². The van der Waals surface area contributed by atoms with E-state index < -0.39 is 0 Å². The molecule has 5 heteroatoms. The number of halogens is 1. The van der Waals surface area contributed by atoms with Gasteiger partial charge in [-0.25, -0.2) is 0 Å². The van der Waals surface area contributed by atoms with Crippen molar-refractivity contribution in [2.75, 3.05) is 27.2 Å². The lowest BCUT2D eigenvalue weighted by atomic mass is 10.1. The molecule has 0 spiro atoms. The van der Waals surface area contributed by atoms with Crippen LogP contribution in [0.25, 0.3) is 0 Å². The summed E-state index contributed by atoms with van der Waals surface area (Å²) in [6.07, 6.45) is 0.257. The summed E-state index contributed by atoms with van der Waals surface area (Å²) in [5.41, 5.74) is 0.450. The first-order valence-electron chi connectivity index (χ1n) is 5.07. The number of carbonyl (C=O) groups excluding carboxylic acids is 1. The topological polar surface area (TPSA) is 44.8 Å². The molecular weight excluding hydrogens is 244 g/mol. The molecule has 4 nitrogen and oxygen atoms in total. The van der Waals surface area contributed by atoms with E-state index >= 15 is 0 Å². The minimum absolute atomic E-state index is 0.0854. The van der Waals surface area contributed by atoms with Crippen molar-refractivity contribution in [1.29, 1.82) is 0 Å². The third-order valence-corrected chi connectivity index (χ3v) is 2.52. The zero-order chi connectivity index (χ0) is 12.8. The lowest BCUT2D eigenvalue weighted by Crippen LogP contribution is -2.05. The molecule has 0 aliphatic rings. The predicted octanol–water partition coefficient (Wildman–Crippen LogP) is 2.52. The number of benzene rings is 1. The summed E-state index contributed by atoms with van der Waals surface area (Å²) >= 11 is 5.56. The Balaban J connectivity index is 3.27. The summed E-state index contributed by atoms with van der Waals surface area (Å²) in [4.78, 5) is 11.8. The molecule has 0 saturated heterocycles. The number of carbonyl (C=O) groups is 1. The van der Waals surface area contributed by atoms with Gasteiger partial charge in [-0.3, -0.25) is 4.79 Å². The molecule has 0 fully saturated rings. The van der Waals surface area contributed by atoms with Gasteiger partial charge in [0.1, 0.15) is 0 Å². The summed E-state index contributed by atoms with van der Waals surface area (Å²) in [5, 5.41) is 0. The van der Waals surface area contributed by atoms with Gasteiger partial charge in [-0.15, -0.1) is 11.6 Å². The van der Waals surface area contributed by atoms with Crippen LogP contribution in [-0.2, 0) is 0 Å². The highest BCUT2D eigenvalue weighted by Crippen LogP contribution is 2.40. The zero-order valence-corrected chi connectivity index (χ0v) is 10.8. The summed E-state index contributed by atoms with van der Waals surface area (Å²) in [6.45, 7) is 0. The second kappa shape index (κ2) is 6.35. The highest BCUT2D eigenvalue weighted by Gasteiger charge is 2.19. The minimum Gasteiger partial charge on any atom is -0.493 e. The first-order valence-corrected chi connectivity index (χ1v) is 5.61. The van der Waals surface area contributed by atoms with Gasteiger partial charge in [-0.1, -0.05) is 0 Å². The fraction of sp³-hybridized carbons (Fsp3) is 0.417. The van der Waals surface area contributed by atoms with E-state index in [1.807, 2.05) is 0 Å². The van der Waals surface area contributed by atoms with Crippen molar-refractivity contribution < 1.29 is 19.0 Å². The van der Waals surface area contributed by atoms with Crippen LogP contribution in [0, 0.1) is 0 Å². The quantitative estimate of drug-likeness (QED) is 0.581. The van der Waals surface area contributed by atoms with Crippen LogP contribution in [0.15, 0.2) is 12.1 Å². The van der Waals surface area contributed by atoms with Gasteiger partial charge >= 0.3 is 0 Å². The fourth-order valence-corrected chi connectivity index (χ4v) is 1.71. The molecule has 94 valence electrons. The van der Waals surface area contributed by atoms with Crippen LogP contribution in [0.4, 0.5) is 0 Å². The molecule has 1 rings (SSSR count). The molecule has 0 aliphatic heterocycles. The molecule has 1 aromatic rings. The number of ether oxygens (including phenoxy) is 3. The van der Waals surface area contributed by atoms with Gasteiger partial charge in [0.05, 0.1) is 26.9 Å². The van der Waals surface area contributed by atoms with E-state index in [9.17, 15) is 4.79 Å². The highest BCUT2D eigenvalue weighted by molar-refractivity contribution is 6.19. The molecule has 0 aliphatic carbocycles. The van der Waals surface area contributed by atoms with Crippen LogP contribution in [0.3, 0.4) is 0 Å². The maximum atomic E-state index is 11.8. The van der Waals surface area contributed by atoms with E-state index in [1.165, 1.54) is 21.3 Å². The maximum absolute atomic E-state index is 11.8. The Bertz CT molecular complexity index is 404. The predicted molar refractivity (Wildman–Crippen MR) is 65.8 cm³/mol. The minimum atomic E-state index is -0.0854. The van der Waals surface area contributed by atoms with E-state index in [-0.39, 0.29) is 18.1 Å². The van der Waals surface area contributed by atoms with Gasteiger partial charge in [0, 0.05) is 12.3 Å². The monoisotopic (exact) mass is 258 g/mol. The second-order valence-electron chi connectivity index (χ2n) is 3.24. The van der Waals surface area contributed by atoms with Gasteiger partial charge < -0.3 is 14.2 Å². The first kappa shape index (κ1) is 13.6. The Labute approximate surface area is 105 Å². The third-order valence-electron chi connectivity index (χ3n) is 2.33. The van der Waals surface area contributed by atoms with Crippen LogP contribution in [0.2, 0.25) is 0 Å². The van der Waals surface area contributed by atoms with Crippen LogP contribution in [0.5, 0.6) is 17.2 Å².